The van der Waals surface area contributed by atoms with Crippen molar-refractivity contribution in [2.45, 2.75) is 6.18 Å². The number of nitrogens with zero attached hydrogens (tertiary/aromatic N) is 1. The van der Waals surface area contributed by atoms with Gasteiger partial charge in [0.05, 0.1) is 16.8 Å². The first kappa shape index (κ1) is 19.4. The molecule has 1 N–H and O–H groups in total. The standard InChI is InChI=1S/C23H15F3N2O2/c24-23(25,26)16-10-7-11-17(14-16)27-20-19(15-8-3-1-4-9-15)21(29)28(22(20)30)18-12-5-2-6-13-18/h1-14,27H. The number of halogens is 3. The van der Waals surface area contributed by atoms with E-state index in [0.717, 1.165) is 17.0 Å². The summed E-state index contributed by atoms with van der Waals surface area (Å²) in [7, 11) is 0. The largest absolute Gasteiger partial charge is 0.416 e. The molecule has 0 spiro atoms. The molecule has 3 aromatic carbocycles. The summed E-state index contributed by atoms with van der Waals surface area (Å²) in [6.07, 6.45) is -4.53. The van der Waals surface area contributed by atoms with E-state index < -0.39 is 23.6 Å². The van der Waals surface area contributed by atoms with E-state index >= 15 is 0 Å². The van der Waals surface area contributed by atoms with Gasteiger partial charge in [0.25, 0.3) is 11.8 Å². The highest BCUT2D eigenvalue weighted by molar-refractivity contribution is 6.46. The quantitative estimate of drug-likeness (QED) is 0.611. The molecule has 0 saturated carbocycles. The number of imide groups is 1. The number of hydrogen-bond donors (Lipinski definition) is 1. The molecule has 4 rings (SSSR count). The summed E-state index contributed by atoms with van der Waals surface area (Å²) in [4.78, 5) is 27.3. The summed E-state index contributed by atoms with van der Waals surface area (Å²) in [6, 6.07) is 21.4. The maximum absolute atomic E-state index is 13.2. The molecule has 30 heavy (non-hydrogen) atoms. The Balaban J connectivity index is 1.80. The van der Waals surface area contributed by atoms with Crippen LogP contribution in [0.3, 0.4) is 0 Å². The van der Waals surface area contributed by atoms with E-state index in [1.807, 2.05) is 0 Å². The predicted octanol–water partition coefficient (Wildman–Crippen LogP) is 5.10. The second-order valence-electron chi connectivity index (χ2n) is 6.60. The average molecular weight is 408 g/mol. The van der Waals surface area contributed by atoms with Crippen LogP contribution >= 0.6 is 0 Å². The molecule has 3 aromatic rings. The van der Waals surface area contributed by atoms with Crippen LogP contribution in [0, 0.1) is 0 Å². The molecule has 0 aromatic heterocycles. The van der Waals surface area contributed by atoms with Crippen LogP contribution in [0.1, 0.15) is 11.1 Å². The summed E-state index contributed by atoms with van der Waals surface area (Å²) in [5.41, 5.74) is 0.0946. The van der Waals surface area contributed by atoms with Gasteiger partial charge in [0.15, 0.2) is 0 Å². The monoisotopic (exact) mass is 408 g/mol. The molecule has 0 fully saturated rings. The highest BCUT2D eigenvalue weighted by Crippen LogP contribution is 2.35. The van der Waals surface area contributed by atoms with Crippen molar-refractivity contribution in [1.29, 1.82) is 0 Å². The van der Waals surface area contributed by atoms with Gasteiger partial charge in [0, 0.05) is 5.69 Å². The number of rotatable bonds is 4. The average Bonchev–Trinajstić information content (AvgIpc) is 2.98. The van der Waals surface area contributed by atoms with Crippen molar-refractivity contribution in [1.82, 2.24) is 0 Å². The molecule has 0 bridgehead atoms. The van der Waals surface area contributed by atoms with Crippen LogP contribution in [0.2, 0.25) is 0 Å². The molecule has 0 atom stereocenters. The normalized spacial score (nSPS) is 14.4. The van der Waals surface area contributed by atoms with Crippen molar-refractivity contribution in [3.63, 3.8) is 0 Å². The first-order chi connectivity index (χ1) is 14.4. The van der Waals surface area contributed by atoms with Gasteiger partial charge >= 0.3 is 6.18 Å². The van der Waals surface area contributed by atoms with E-state index in [2.05, 4.69) is 5.32 Å². The zero-order valence-corrected chi connectivity index (χ0v) is 15.5. The lowest BCUT2D eigenvalue weighted by atomic mass is 10.0. The van der Waals surface area contributed by atoms with Gasteiger partial charge in [-0.1, -0.05) is 54.6 Å². The molecule has 0 saturated heterocycles. The molecule has 150 valence electrons. The first-order valence-corrected chi connectivity index (χ1v) is 9.04. The molecular formula is C23H15F3N2O2. The summed E-state index contributed by atoms with van der Waals surface area (Å²) in [6.45, 7) is 0. The minimum atomic E-state index is -4.53. The first-order valence-electron chi connectivity index (χ1n) is 9.04. The van der Waals surface area contributed by atoms with Crippen LogP contribution in [0.5, 0.6) is 0 Å². The molecule has 1 aliphatic rings. The number of anilines is 2. The second kappa shape index (κ2) is 7.51. The van der Waals surface area contributed by atoms with Crippen molar-refractivity contribution in [3.05, 3.63) is 102 Å². The summed E-state index contributed by atoms with van der Waals surface area (Å²) < 4.78 is 39.2. The Bertz CT molecular complexity index is 1140. The molecule has 0 unspecified atom stereocenters. The fourth-order valence-electron chi connectivity index (χ4n) is 3.25. The lowest BCUT2D eigenvalue weighted by molar-refractivity contribution is -0.137. The fraction of sp³-hybridized carbons (Fsp3) is 0.0435. The van der Waals surface area contributed by atoms with Crippen molar-refractivity contribution >= 4 is 28.8 Å². The van der Waals surface area contributed by atoms with Crippen molar-refractivity contribution in [2.75, 3.05) is 10.2 Å². The topological polar surface area (TPSA) is 49.4 Å². The van der Waals surface area contributed by atoms with Gasteiger partial charge < -0.3 is 5.32 Å². The second-order valence-corrected chi connectivity index (χ2v) is 6.60. The number of benzene rings is 3. The van der Waals surface area contributed by atoms with Crippen LogP contribution in [0.25, 0.3) is 5.57 Å². The third-order valence-electron chi connectivity index (χ3n) is 4.62. The van der Waals surface area contributed by atoms with Crippen LogP contribution in [-0.4, -0.2) is 11.8 Å². The Morgan fingerprint density at radius 2 is 1.37 bits per heavy atom. The van der Waals surface area contributed by atoms with Gasteiger partial charge in [0.2, 0.25) is 0 Å². The SMILES string of the molecule is O=C1C(Nc2cccc(C(F)(F)F)c2)=C(c2ccccc2)C(=O)N1c1ccccc1. The molecule has 1 heterocycles. The van der Waals surface area contributed by atoms with E-state index in [-0.39, 0.29) is 17.0 Å². The number of alkyl halides is 3. The molecule has 2 amide bonds. The number of amides is 2. The van der Waals surface area contributed by atoms with Crippen molar-refractivity contribution in [3.8, 4) is 0 Å². The Hall–Kier alpha value is -3.87. The fourth-order valence-corrected chi connectivity index (χ4v) is 3.25. The van der Waals surface area contributed by atoms with Gasteiger partial charge in [-0.2, -0.15) is 13.2 Å². The lowest BCUT2D eigenvalue weighted by Gasteiger charge is -2.15. The molecule has 0 aliphatic carbocycles. The maximum atomic E-state index is 13.2. The zero-order chi connectivity index (χ0) is 21.3. The van der Waals surface area contributed by atoms with Crippen LogP contribution < -0.4 is 10.2 Å². The van der Waals surface area contributed by atoms with Gasteiger partial charge in [-0.15, -0.1) is 0 Å². The Labute approximate surface area is 170 Å². The predicted molar refractivity (Wildman–Crippen MR) is 107 cm³/mol. The lowest BCUT2D eigenvalue weighted by Crippen LogP contribution is -2.32. The molecule has 0 radical (unpaired) electrons. The number of hydrogen-bond acceptors (Lipinski definition) is 3. The maximum Gasteiger partial charge on any atom is 0.416 e. The third kappa shape index (κ3) is 3.57. The summed E-state index contributed by atoms with van der Waals surface area (Å²) in [5.74, 6) is -1.19. The minimum absolute atomic E-state index is 0.0596. The van der Waals surface area contributed by atoms with Gasteiger partial charge in [-0.3, -0.25) is 9.59 Å². The van der Waals surface area contributed by atoms with Gasteiger partial charge in [-0.05, 0) is 35.9 Å². The Kier molecular flexibility index (Phi) is 4.87. The van der Waals surface area contributed by atoms with E-state index in [0.29, 0.717) is 11.3 Å². The summed E-state index contributed by atoms with van der Waals surface area (Å²) in [5, 5.41) is 2.75. The minimum Gasteiger partial charge on any atom is -0.350 e. The highest BCUT2D eigenvalue weighted by Gasteiger charge is 2.40. The highest BCUT2D eigenvalue weighted by atomic mass is 19.4. The summed E-state index contributed by atoms with van der Waals surface area (Å²) >= 11 is 0. The van der Waals surface area contributed by atoms with Gasteiger partial charge in [0.1, 0.15) is 5.70 Å². The van der Waals surface area contributed by atoms with Crippen molar-refractivity contribution in [2.24, 2.45) is 0 Å². The smallest absolute Gasteiger partial charge is 0.350 e. The molecular weight excluding hydrogens is 393 g/mol. The van der Waals surface area contributed by atoms with E-state index in [1.54, 1.807) is 60.7 Å². The Morgan fingerprint density at radius 1 is 0.733 bits per heavy atom. The number of nitrogens with one attached hydrogen (secondary N) is 1. The Morgan fingerprint density at radius 3 is 2.00 bits per heavy atom. The molecule has 1 aliphatic heterocycles. The third-order valence-corrected chi connectivity index (χ3v) is 4.62. The number of para-hydroxylation sites is 1. The van der Waals surface area contributed by atoms with E-state index in [9.17, 15) is 22.8 Å². The van der Waals surface area contributed by atoms with Crippen LogP contribution in [0.15, 0.2) is 90.6 Å². The van der Waals surface area contributed by atoms with Crippen LogP contribution in [0.4, 0.5) is 24.5 Å². The van der Waals surface area contributed by atoms with Crippen LogP contribution in [-0.2, 0) is 15.8 Å². The van der Waals surface area contributed by atoms with E-state index in [4.69, 9.17) is 0 Å². The van der Waals surface area contributed by atoms with Gasteiger partial charge in [-0.25, -0.2) is 4.90 Å². The van der Waals surface area contributed by atoms with Crippen molar-refractivity contribution < 1.29 is 22.8 Å². The molecule has 7 heteroatoms. The zero-order valence-electron chi connectivity index (χ0n) is 15.5. The number of carbonyl (C=O) groups is 2. The molecule has 4 nitrogen and oxygen atoms in total. The number of carbonyl (C=O) groups excluding carboxylic acids is 2. The van der Waals surface area contributed by atoms with E-state index in [1.165, 1.54) is 12.1 Å².